The zero-order chi connectivity index (χ0) is 42.4. The van der Waals surface area contributed by atoms with Crippen LogP contribution in [0.5, 0.6) is 0 Å². The summed E-state index contributed by atoms with van der Waals surface area (Å²) in [6, 6.07) is 0. The van der Waals surface area contributed by atoms with Gasteiger partial charge in [-0.3, -0.25) is 18.6 Å². The fourth-order valence-corrected chi connectivity index (χ4v) is 6.98. The fourth-order valence-electron chi connectivity index (χ4n) is 6.23. The van der Waals surface area contributed by atoms with Crippen LogP contribution in [-0.2, 0) is 32.7 Å². The van der Waals surface area contributed by atoms with Crippen LogP contribution in [0.25, 0.3) is 0 Å². The van der Waals surface area contributed by atoms with Crippen molar-refractivity contribution in [3.05, 3.63) is 60.8 Å². The van der Waals surface area contributed by atoms with E-state index >= 15 is 0 Å². The third-order valence-electron chi connectivity index (χ3n) is 9.63. The number of carbonyl (C=O) groups excluding carboxylic acids is 2. The molecule has 328 valence electrons. The van der Waals surface area contributed by atoms with E-state index in [0.717, 1.165) is 70.6 Å². The highest BCUT2D eigenvalue weighted by molar-refractivity contribution is 7.47. The van der Waals surface area contributed by atoms with Gasteiger partial charge in [-0.2, -0.15) is 0 Å². The Labute approximate surface area is 343 Å². The van der Waals surface area contributed by atoms with Crippen molar-refractivity contribution in [1.29, 1.82) is 0 Å². The van der Waals surface area contributed by atoms with Crippen LogP contribution in [0.15, 0.2) is 60.8 Å². The number of phosphoric acid groups is 1. The molecular formula is C44H77NO11P+. The smallest absolute Gasteiger partial charge is 0.461 e. The molecule has 57 heavy (non-hydrogen) atoms. The zero-order valence-electron chi connectivity index (χ0n) is 35.6. The average Bonchev–Trinajstić information content (AvgIpc) is 3.42. The summed E-state index contributed by atoms with van der Waals surface area (Å²) in [5.41, 5.74) is 0. The Balaban J connectivity index is 2.59. The number of rotatable bonds is 33. The number of ether oxygens (including phenoxy) is 2. The second-order valence-electron chi connectivity index (χ2n) is 16.0. The van der Waals surface area contributed by atoms with Gasteiger partial charge in [-0.15, -0.1) is 0 Å². The van der Waals surface area contributed by atoms with Crippen LogP contribution in [0.4, 0.5) is 0 Å². The van der Waals surface area contributed by atoms with Gasteiger partial charge in [0, 0.05) is 18.8 Å². The Morgan fingerprint density at radius 1 is 0.807 bits per heavy atom. The summed E-state index contributed by atoms with van der Waals surface area (Å²) >= 11 is 0. The molecule has 0 saturated heterocycles. The molecule has 0 heterocycles. The van der Waals surface area contributed by atoms with Gasteiger partial charge in [0.1, 0.15) is 19.8 Å². The van der Waals surface area contributed by atoms with Gasteiger partial charge in [-0.05, 0) is 57.3 Å². The van der Waals surface area contributed by atoms with Crippen LogP contribution >= 0.6 is 7.82 Å². The lowest BCUT2D eigenvalue weighted by Crippen LogP contribution is -2.37. The molecule has 0 aliphatic heterocycles. The molecule has 1 aliphatic carbocycles. The number of esters is 2. The van der Waals surface area contributed by atoms with E-state index in [4.69, 9.17) is 18.5 Å². The maximum absolute atomic E-state index is 12.7. The van der Waals surface area contributed by atoms with E-state index in [1.165, 1.54) is 0 Å². The molecular weight excluding hydrogens is 749 g/mol. The van der Waals surface area contributed by atoms with E-state index in [2.05, 4.69) is 50.3 Å². The molecule has 1 unspecified atom stereocenters. The number of unbranched alkanes of at least 4 members (excludes halogenated alkanes) is 7. The van der Waals surface area contributed by atoms with Gasteiger partial charge in [0.2, 0.25) is 0 Å². The molecule has 0 bridgehead atoms. The first-order valence-electron chi connectivity index (χ1n) is 21.3. The van der Waals surface area contributed by atoms with Gasteiger partial charge in [-0.25, -0.2) is 4.57 Å². The van der Waals surface area contributed by atoms with E-state index < -0.39 is 50.8 Å². The molecule has 1 aliphatic rings. The maximum Gasteiger partial charge on any atom is 0.472 e. The van der Waals surface area contributed by atoms with Crippen molar-refractivity contribution in [2.75, 3.05) is 47.5 Å². The first-order valence-corrected chi connectivity index (χ1v) is 22.8. The Morgan fingerprint density at radius 3 is 2.19 bits per heavy atom. The Hall–Kier alpha value is -2.41. The number of aliphatic hydroxyl groups is 3. The predicted octanol–water partition coefficient (Wildman–Crippen LogP) is 8.06. The van der Waals surface area contributed by atoms with Crippen LogP contribution in [0.2, 0.25) is 0 Å². The normalized spacial score (nSPS) is 21.4. The van der Waals surface area contributed by atoms with Crippen molar-refractivity contribution in [3.8, 4) is 0 Å². The lowest BCUT2D eigenvalue weighted by molar-refractivity contribution is -0.870. The highest BCUT2D eigenvalue weighted by Gasteiger charge is 2.39. The Morgan fingerprint density at radius 2 is 1.49 bits per heavy atom. The van der Waals surface area contributed by atoms with Crippen LogP contribution in [0.3, 0.4) is 0 Å². The molecule has 0 aromatic heterocycles. The van der Waals surface area contributed by atoms with Crippen LogP contribution in [-0.4, -0.2) is 109 Å². The number of allylic oxidation sites excluding steroid dienone is 7. The van der Waals surface area contributed by atoms with Crippen molar-refractivity contribution >= 4 is 19.8 Å². The summed E-state index contributed by atoms with van der Waals surface area (Å²) in [5.74, 6) is -1.73. The summed E-state index contributed by atoms with van der Waals surface area (Å²) in [4.78, 5) is 35.6. The second kappa shape index (κ2) is 31.5. The summed E-state index contributed by atoms with van der Waals surface area (Å²) in [6.45, 7) is 3.78. The SMILES string of the molecule is CC/C=C\C/C=C\C/C=C\CCCCCCCC(=O)O[C@H](COC(=O)C/C=C\C[C@H]1[C@@H](/C=C/[C@H](O)CCCCC)[C@H](O)C[C@@H]1O)COP(=O)(O)OCC[N+](C)(C)C. The number of phosphoric ester groups is 1. The minimum atomic E-state index is -4.46. The quantitative estimate of drug-likeness (QED) is 0.0166. The number of hydrogen-bond acceptors (Lipinski definition) is 10. The Bertz CT molecular complexity index is 1280. The monoisotopic (exact) mass is 827 g/mol. The topological polar surface area (TPSA) is 169 Å². The minimum absolute atomic E-state index is 0.0250. The number of quaternary nitrogens is 1. The van der Waals surface area contributed by atoms with Gasteiger partial charge in [0.05, 0.1) is 52.5 Å². The van der Waals surface area contributed by atoms with Crippen LogP contribution in [0.1, 0.15) is 123 Å². The fraction of sp³-hybridized carbons (Fsp3) is 0.727. The third-order valence-corrected chi connectivity index (χ3v) is 10.6. The molecule has 0 spiro atoms. The third kappa shape index (κ3) is 28.6. The van der Waals surface area contributed by atoms with Gasteiger partial charge >= 0.3 is 19.8 Å². The molecule has 7 atom stereocenters. The van der Waals surface area contributed by atoms with Gasteiger partial charge in [0.25, 0.3) is 0 Å². The van der Waals surface area contributed by atoms with Crippen molar-refractivity contribution in [2.24, 2.45) is 11.8 Å². The largest absolute Gasteiger partial charge is 0.472 e. The average molecular weight is 827 g/mol. The van der Waals surface area contributed by atoms with E-state index in [1.54, 1.807) is 24.3 Å². The second-order valence-corrected chi connectivity index (χ2v) is 17.4. The molecule has 13 heteroatoms. The lowest BCUT2D eigenvalue weighted by Gasteiger charge is -2.24. The Kier molecular flexibility index (Phi) is 29.1. The van der Waals surface area contributed by atoms with E-state index in [-0.39, 0.29) is 44.3 Å². The molecule has 0 aromatic rings. The van der Waals surface area contributed by atoms with E-state index in [1.807, 2.05) is 21.1 Å². The van der Waals surface area contributed by atoms with Crippen LogP contribution < -0.4 is 0 Å². The zero-order valence-corrected chi connectivity index (χ0v) is 36.5. The van der Waals surface area contributed by atoms with Crippen molar-refractivity contribution in [1.82, 2.24) is 0 Å². The number of carbonyl (C=O) groups is 2. The van der Waals surface area contributed by atoms with E-state index in [9.17, 15) is 34.4 Å². The minimum Gasteiger partial charge on any atom is -0.461 e. The molecule has 0 radical (unpaired) electrons. The number of likely N-dealkylation sites (N-methyl/N-ethyl adjacent to an activating group) is 1. The molecule has 12 nitrogen and oxygen atoms in total. The molecule has 0 amide bonds. The first-order chi connectivity index (χ1) is 27.2. The van der Waals surface area contributed by atoms with Crippen molar-refractivity contribution < 1.29 is 57.4 Å². The molecule has 1 saturated carbocycles. The lowest BCUT2D eigenvalue weighted by atomic mass is 9.89. The summed E-state index contributed by atoms with van der Waals surface area (Å²) in [5, 5.41) is 31.4. The number of aliphatic hydroxyl groups excluding tert-OH is 3. The molecule has 4 N–H and O–H groups in total. The highest BCUT2D eigenvalue weighted by Crippen LogP contribution is 2.43. The first kappa shape index (κ1) is 52.6. The van der Waals surface area contributed by atoms with Crippen LogP contribution in [0, 0.1) is 11.8 Å². The standard InChI is InChI=1S/C44H76NO11P/c1-6-8-10-11-12-13-14-15-16-17-18-19-20-21-23-29-44(50)56-38(36-55-57(51,52)54-33-32-45(3,4)5)35-53-43(49)28-25-24-27-39-40(42(48)34-41(39)47)31-30-37(46)26-22-9-7-2/h8,10,12-13,15-16,24-25,30-31,37-42,46-48H,6-7,9,11,14,17-23,26-29,32-36H2,1-5H3/p+1/b10-8-,13-12-,16-15-,25-24-,31-30+/t37-,38-,39+,40-,41+,42-/m1/s1. The summed E-state index contributed by atoms with van der Waals surface area (Å²) in [6.07, 6.45) is 29.7. The van der Waals surface area contributed by atoms with Gasteiger partial charge in [-0.1, -0.05) is 113 Å². The summed E-state index contributed by atoms with van der Waals surface area (Å²) < 4.78 is 34.1. The van der Waals surface area contributed by atoms with Crippen molar-refractivity contribution in [2.45, 2.75) is 147 Å². The highest BCUT2D eigenvalue weighted by atomic mass is 31.2. The molecule has 1 rings (SSSR count). The number of hydrogen-bond donors (Lipinski definition) is 4. The molecule has 1 fully saturated rings. The molecule has 0 aromatic carbocycles. The maximum atomic E-state index is 12.7. The van der Waals surface area contributed by atoms with E-state index in [0.29, 0.717) is 30.3 Å². The van der Waals surface area contributed by atoms with Gasteiger partial charge < -0.3 is 34.2 Å². The van der Waals surface area contributed by atoms with Gasteiger partial charge in [0.15, 0.2) is 6.10 Å². The predicted molar refractivity (Wildman–Crippen MR) is 226 cm³/mol. The van der Waals surface area contributed by atoms with Crippen molar-refractivity contribution in [3.63, 3.8) is 0 Å². The summed E-state index contributed by atoms with van der Waals surface area (Å²) in [7, 11) is 1.28. The number of nitrogens with zero attached hydrogens (tertiary/aromatic N) is 1.